The lowest BCUT2D eigenvalue weighted by Gasteiger charge is -2.42. The van der Waals surface area contributed by atoms with Crippen LogP contribution in [0.2, 0.25) is 0 Å². The molecule has 0 unspecified atom stereocenters. The van der Waals surface area contributed by atoms with E-state index in [-0.39, 0.29) is 11.6 Å². The van der Waals surface area contributed by atoms with E-state index in [1.54, 1.807) is 26.4 Å². The number of ether oxygens (including phenoxy) is 3. The second-order valence-corrected chi connectivity index (χ2v) is 10.2. The molecule has 1 N–H and O–H groups in total. The number of alkyl halides is 1. The number of aliphatic imine (C=N–C) groups is 1. The Hall–Kier alpha value is -3.65. The van der Waals surface area contributed by atoms with Gasteiger partial charge in [0.25, 0.3) is 6.02 Å². The van der Waals surface area contributed by atoms with E-state index in [1.807, 2.05) is 55.1 Å². The number of nitrogens with zero attached hydrogens (tertiary/aromatic N) is 2. The molecule has 0 aliphatic carbocycles. The SMILES string of the molecule is COc1ccc(CN(Cc2ccc(C)cc2OC)C2=N[C@](C)(c3ccccc3F)[C@@H](F)[C@@H]([C@@H](C)O)O2)c(C)c1. The largest absolute Gasteiger partial charge is 0.497 e. The molecule has 0 saturated heterocycles. The molecule has 1 aliphatic rings. The molecule has 6 nitrogen and oxygen atoms in total. The zero-order chi connectivity index (χ0) is 28.3. The molecule has 1 aliphatic heterocycles. The Kier molecular flexibility index (Phi) is 8.45. The number of hydrogen-bond acceptors (Lipinski definition) is 6. The highest BCUT2D eigenvalue weighted by atomic mass is 19.1. The van der Waals surface area contributed by atoms with Gasteiger partial charge in [-0.3, -0.25) is 0 Å². The fourth-order valence-electron chi connectivity index (χ4n) is 4.91. The Balaban J connectivity index is 1.85. The predicted octanol–water partition coefficient (Wildman–Crippen LogP) is 5.85. The van der Waals surface area contributed by atoms with Crippen molar-refractivity contribution in [1.29, 1.82) is 0 Å². The zero-order valence-corrected chi connectivity index (χ0v) is 23.2. The van der Waals surface area contributed by atoms with Gasteiger partial charge < -0.3 is 24.2 Å². The van der Waals surface area contributed by atoms with Crippen LogP contribution in [0.3, 0.4) is 0 Å². The van der Waals surface area contributed by atoms with E-state index in [9.17, 15) is 5.11 Å². The van der Waals surface area contributed by atoms with Gasteiger partial charge in [-0.05, 0) is 68.7 Å². The van der Waals surface area contributed by atoms with E-state index in [4.69, 9.17) is 19.2 Å². The average molecular weight is 539 g/mol. The molecule has 208 valence electrons. The number of amidine groups is 1. The first-order chi connectivity index (χ1) is 18.6. The molecule has 0 radical (unpaired) electrons. The van der Waals surface area contributed by atoms with Gasteiger partial charge in [-0.15, -0.1) is 0 Å². The van der Waals surface area contributed by atoms with Crippen LogP contribution in [-0.4, -0.2) is 48.6 Å². The Labute approximate surface area is 228 Å². The molecular weight excluding hydrogens is 502 g/mol. The second-order valence-electron chi connectivity index (χ2n) is 10.2. The van der Waals surface area contributed by atoms with Crippen molar-refractivity contribution in [2.45, 2.75) is 64.7 Å². The zero-order valence-electron chi connectivity index (χ0n) is 23.2. The summed E-state index contributed by atoms with van der Waals surface area (Å²) >= 11 is 0. The van der Waals surface area contributed by atoms with Crippen LogP contribution >= 0.6 is 0 Å². The highest BCUT2D eigenvalue weighted by molar-refractivity contribution is 5.76. The number of benzene rings is 3. The molecule has 4 rings (SSSR count). The van der Waals surface area contributed by atoms with E-state index in [1.165, 1.54) is 26.0 Å². The van der Waals surface area contributed by atoms with Gasteiger partial charge in [0, 0.05) is 17.7 Å². The van der Waals surface area contributed by atoms with Crippen molar-refractivity contribution in [3.05, 3.63) is 94.3 Å². The molecule has 39 heavy (non-hydrogen) atoms. The van der Waals surface area contributed by atoms with E-state index < -0.39 is 29.7 Å². The van der Waals surface area contributed by atoms with Gasteiger partial charge in [0.15, 0.2) is 12.3 Å². The van der Waals surface area contributed by atoms with Crippen LogP contribution in [0, 0.1) is 19.7 Å². The highest BCUT2D eigenvalue weighted by Gasteiger charge is 2.50. The van der Waals surface area contributed by atoms with E-state index in [0.717, 1.165) is 28.0 Å². The van der Waals surface area contributed by atoms with E-state index in [2.05, 4.69) is 0 Å². The molecule has 0 saturated carbocycles. The molecule has 0 spiro atoms. The van der Waals surface area contributed by atoms with Gasteiger partial charge in [-0.25, -0.2) is 13.8 Å². The minimum atomic E-state index is -1.79. The lowest BCUT2D eigenvalue weighted by atomic mass is 9.83. The van der Waals surface area contributed by atoms with Crippen LogP contribution in [0.5, 0.6) is 11.5 Å². The summed E-state index contributed by atoms with van der Waals surface area (Å²) in [5, 5.41) is 10.5. The summed E-state index contributed by atoms with van der Waals surface area (Å²) < 4.78 is 48.1. The Morgan fingerprint density at radius 3 is 2.36 bits per heavy atom. The summed E-state index contributed by atoms with van der Waals surface area (Å²) in [4.78, 5) is 6.58. The number of methoxy groups -OCH3 is 2. The predicted molar refractivity (Wildman–Crippen MR) is 147 cm³/mol. The Morgan fingerprint density at radius 2 is 1.72 bits per heavy atom. The number of hydrogen-bond donors (Lipinski definition) is 1. The van der Waals surface area contributed by atoms with Crippen molar-refractivity contribution in [3.8, 4) is 11.5 Å². The van der Waals surface area contributed by atoms with Crippen molar-refractivity contribution in [3.63, 3.8) is 0 Å². The lowest BCUT2D eigenvalue weighted by Crippen LogP contribution is -2.54. The standard InChI is InChI=1S/C31H36F2N2O4/c1-19-11-12-23(27(15-19)38-6)18-35(17-22-13-14-24(37-5)16-20(22)2)30-34-31(4,25-9-7-8-10-26(25)32)29(33)28(39-30)21(3)36/h7-16,21,28-29,36H,17-18H2,1-6H3/t21-,28-,29+,31-/m1/s1. The fraction of sp³-hybridized carbons (Fsp3) is 0.387. The number of aliphatic hydroxyl groups is 1. The van der Waals surface area contributed by atoms with E-state index in [0.29, 0.717) is 18.8 Å². The Morgan fingerprint density at radius 1 is 1.03 bits per heavy atom. The average Bonchev–Trinajstić information content (AvgIpc) is 2.91. The number of halogens is 2. The third-order valence-electron chi connectivity index (χ3n) is 7.27. The molecule has 3 aromatic carbocycles. The minimum Gasteiger partial charge on any atom is -0.497 e. The first kappa shape index (κ1) is 28.4. The van der Waals surface area contributed by atoms with Crippen molar-refractivity contribution in [2.75, 3.05) is 14.2 Å². The number of rotatable bonds is 8. The molecule has 0 aromatic heterocycles. The van der Waals surface area contributed by atoms with Gasteiger partial charge in [-0.1, -0.05) is 36.4 Å². The molecule has 0 bridgehead atoms. The monoisotopic (exact) mass is 538 g/mol. The Bertz CT molecular complexity index is 1350. The lowest BCUT2D eigenvalue weighted by molar-refractivity contribution is -0.0608. The smallest absolute Gasteiger partial charge is 0.289 e. The summed E-state index contributed by atoms with van der Waals surface area (Å²) in [5.74, 6) is 0.848. The maximum Gasteiger partial charge on any atom is 0.289 e. The quantitative estimate of drug-likeness (QED) is 0.390. The second kappa shape index (κ2) is 11.6. The third-order valence-corrected chi connectivity index (χ3v) is 7.27. The molecule has 8 heteroatoms. The molecule has 0 fully saturated rings. The van der Waals surface area contributed by atoms with Gasteiger partial charge >= 0.3 is 0 Å². The molecule has 0 amide bonds. The first-order valence-electron chi connectivity index (χ1n) is 12.9. The van der Waals surface area contributed by atoms with Gasteiger partial charge in [0.1, 0.15) is 22.9 Å². The van der Waals surface area contributed by atoms with E-state index >= 15 is 8.78 Å². The van der Waals surface area contributed by atoms with Crippen LogP contribution in [-0.2, 0) is 23.4 Å². The maximum atomic E-state index is 16.0. The van der Waals surface area contributed by atoms with Crippen LogP contribution in [0.1, 0.15) is 41.7 Å². The maximum absolute atomic E-state index is 16.0. The van der Waals surface area contributed by atoms with Gasteiger partial charge in [0.2, 0.25) is 0 Å². The fourth-order valence-corrected chi connectivity index (χ4v) is 4.91. The molecule has 4 atom stereocenters. The third kappa shape index (κ3) is 5.86. The van der Waals surface area contributed by atoms with Crippen LogP contribution in [0.25, 0.3) is 0 Å². The van der Waals surface area contributed by atoms with Crippen molar-refractivity contribution in [2.24, 2.45) is 4.99 Å². The number of aryl methyl sites for hydroxylation is 2. The van der Waals surface area contributed by atoms with Crippen molar-refractivity contribution in [1.82, 2.24) is 4.90 Å². The minimum absolute atomic E-state index is 0.0949. The van der Waals surface area contributed by atoms with Gasteiger partial charge in [-0.2, -0.15) is 0 Å². The molecule has 1 heterocycles. The van der Waals surface area contributed by atoms with Gasteiger partial charge in [0.05, 0.1) is 26.9 Å². The topological polar surface area (TPSA) is 63.5 Å². The number of aliphatic hydroxyl groups excluding tert-OH is 1. The van der Waals surface area contributed by atoms with Crippen molar-refractivity contribution < 1.29 is 28.1 Å². The van der Waals surface area contributed by atoms with Crippen molar-refractivity contribution >= 4 is 6.02 Å². The van der Waals surface area contributed by atoms with Crippen LogP contribution in [0.15, 0.2) is 65.7 Å². The molecular formula is C31H36F2N2O4. The summed E-state index contributed by atoms with van der Waals surface area (Å²) in [6.07, 6.45) is -4.23. The highest BCUT2D eigenvalue weighted by Crippen LogP contribution is 2.40. The summed E-state index contributed by atoms with van der Waals surface area (Å²) in [6.45, 7) is 7.62. The summed E-state index contributed by atoms with van der Waals surface area (Å²) in [6, 6.07) is 17.8. The molecule has 3 aromatic rings. The summed E-state index contributed by atoms with van der Waals surface area (Å²) in [7, 11) is 3.22. The normalized spacial score (nSPS) is 21.5. The summed E-state index contributed by atoms with van der Waals surface area (Å²) in [5.41, 5.74) is 2.32. The van der Waals surface area contributed by atoms with Crippen LogP contribution in [0.4, 0.5) is 8.78 Å². The first-order valence-corrected chi connectivity index (χ1v) is 12.9. The van der Waals surface area contributed by atoms with Crippen LogP contribution < -0.4 is 9.47 Å².